The zero-order chi connectivity index (χ0) is 13.0. The van der Waals surface area contributed by atoms with Crippen LogP contribution in [0.1, 0.15) is 5.82 Å². The summed E-state index contributed by atoms with van der Waals surface area (Å²) in [5, 5.41) is 13.6. The van der Waals surface area contributed by atoms with Gasteiger partial charge in [0, 0.05) is 25.4 Å². The number of nitro groups is 1. The van der Waals surface area contributed by atoms with E-state index in [1.807, 2.05) is 0 Å². The molecule has 94 valence electrons. The van der Waals surface area contributed by atoms with Crippen LogP contribution in [-0.2, 0) is 6.42 Å². The van der Waals surface area contributed by atoms with Crippen LogP contribution in [0.25, 0.3) is 0 Å². The molecule has 0 spiro atoms. The number of imidazole rings is 1. The highest BCUT2D eigenvalue weighted by atomic mass is 19.1. The first-order valence-electron chi connectivity index (χ1n) is 5.33. The van der Waals surface area contributed by atoms with Crippen molar-refractivity contribution in [2.45, 2.75) is 6.42 Å². The van der Waals surface area contributed by atoms with Crippen molar-refractivity contribution in [1.82, 2.24) is 9.97 Å². The molecule has 1 aromatic carbocycles. The van der Waals surface area contributed by atoms with Crippen LogP contribution in [0.5, 0.6) is 0 Å². The van der Waals surface area contributed by atoms with Gasteiger partial charge in [0.2, 0.25) is 5.82 Å². The van der Waals surface area contributed by atoms with E-state index in [0.29, 0.717) is 13.0 Å². The molecule has 7 heteroatoms. The second kappa shape index (κ2) is 5.26. The molecular weight excluding hydrogens is 239 g/mol. The van der Waals surface area contributed by atoms with Gasteiger partial charge in [-0.15, -0.1) is 0 Å². The van der Waals surface area contributed by atoms with Gasteiger partial charge in [-0.3, -0.25) is 10.1 Å². The van der Waals surface area contributed by atoms with Crippen LogP contribution in [0.2, 0.25) is 0 Å². The number of hydrogen-bond donors (Lipinski definition) is 2. The number of rotatable bonds is 5. The number of hydrogen-bond acceptors (Lipinski definition) is 4. The number of para-hydroxylation sites is 1. The van der Waals surface area contributed by atoms with E-state index in [4.69, 9.17) is 0 Å². The fourth-order valence-electron chi connectivity index (χ4n) is 1.59. The Morgan fingerprint density at radius 3 is 3.00 bits per heavy atom. The number of aromatic nitrogens is 2. The highest BCUT2D eigenvalue weighted by Crippen LogP contribution is 2.26. The molecule has 0 amide bonds. The van der Waals surface area contributed by atoms with Crippen LogP contribution < -0.4 is 5.32 Å². The van der Waals surface area contributed by atoms with E-state index in [-0.39, 0.29) is 5.69 Å². The molecule has 0 aliphatic rings. The normalized spacial score (nSPS) is 10.3. The molecule has 1 aromatic heterocycles. The smallest absolute Gasteiger partial charge is 0.327 e. The van der Waals surface area contributed by atoms with Gasteiger partial charge in [-0.25, -0.2) is 4.98 Å². The number of nitro benzene ring substituents is 1. The van der Waals surface area contributed by atoms with E-state index in [9.17, 15) is 14.5 Å². The Balaban J connectivity index is 2.05. The Morgan fingerprint density at radius 1 is 1.50 bits per heavy atom. The number of halogens is 1. The molecule has 18 heavy (non-hydrogen) atoms. The van der Waals surface area contributed by atoms with Crippen LogP contribution in [0, 0.1) is 15.9 Å². The lowest BCUT2D eigenvalue weighted by molar-refractivity contribution is -0.386. The largest absolute Gasteiger partial charge is 0.379 e. The molecule has 0 aliphatic carbocycles. The van der Waals surface area contributed by atoms with Gasteiger partial charge in [0.25, 0.3) is 0 Å². The summed E-state index contributed by atoms with van der Waals surface area (Å²) < 4.78 is 13.3. The third-order valence-electron chi connectivity index (χ3n) is 2.40. The van der Waals surface area contributed by atoms with Gasteiger partial charge in [0.15, 0.2) is 0 Å². The van der Waals surface area contributed by atoms with Crippen molar-refractivity contribution >= 4 is 11.4 Å². The van der Waals surface area contributed by atoms with Crippen LogP contribution in [0.4, 0.5) is 15.8 Å². The quantitative estimate of drug-likeness (QED) is 0.628. The monoisotopic (exact) mass is 250 g/mol. The summed E-state index contributed by atoms with van der Waals surface area (Å²) in [6, 6.07) is 3.97. The highest BCUT2D eigenvalue weighted by molar-refractivity contribution is 5.61. The van der Waals surface area contributed by atoms with Crippen molar-refractivity contribution in [2.75, 3.05) is 11.9 Å². The summed E-state index contributed by atoms with van der Waals surface area (Å²) in [4.78, 5) is 16.9. The number of nitrogens with one attached hydrogen (secondary N) is 2. The Morgan fingerprint density at radius 2 is 2.33 bits per heavy atom. The summed E-state index contributed by atoms with van der Waals surface area (Å²) >= 11 is 0. The van der Waals surface area contributed by atoms with Crippen molar-refractivity contribution < 1.29 is 9.31 Å². The summed E-state index contributed by atoms with van der Waals surface area (Å²) in [5.41, 5.74) is -0.358. The molecule has 0 saturated carbocycles. The summed E-state index contributed by atoms with van der Waals surface area (Å²) in [6.45, 7) is 0.428. The van der Waals surface area contributed by atoms with E-state index in [1.165, 1.54) is 12.1 Å². The molecule has 1 heterocycles. The number of benzene rings is 1. The number of H-pyrrole nitrogens is 1. The summed E-state index contributed by atoms with van der Waals surface area (Å²) in [6.07, 6.45) is 3.89. The van der Waals surface area contributed by atoms with E-state index in [0.717, 1.165) is 11.9 Å². The van der Waals surface area contributed by atoms with E-state index >= 15 is 0 Å². The molecule has 2 aromatic rings. The molecule has 6 nitrogen and oxygen atoms in total. The highest BCUT2D eigenvalue weighted by Gasteiger charge is 2.19. The van der Waals surface area contributed by atoms with Gasteiger partial charge < -0.3 is 10.3 Å². The first-order valence-corrected chi connectivity index (χ1v) is 5.33. The van der Waals surface area contributed by atoms with Crippen LogP contribution in [0.3, 0.4) is 0 Å². The van der Waals surface area contributed by atoms with Crippen molar-refractivity contribution in [2.24, 2.45) is 0 Å². The van der Waals surface area contributed by atoms with Crippen molar-refractivity contribution in [3.8, 4) is 0 Å². The van der Waals surface area contributed by atoms with Crippen LogP contribution >= 0.6 is 0 Å². The van der Waals surface area contributed by atoms with E-state index in [2.05, 4.69) is 15.3 Å². The topological polar surface area (TPSA) is 83.8 Å². The lowest BCUT2D eigenvalue weighted by atomic mass is 10.2. The molecule has 0 saturated heterocycles. The Bertz CT molecular complexity index is 542. The molecule has 0 bridgehead atoms. The maximum Gasteiger partial charge on any atom is 0.327 e. The zero-order valence-corrected chi connectivity index (χ0v) is 9.39. The first kappa shape index (κ1) is 12.0. The first-order chi connectivity index (χ1) is 8.68. The number of anilines is 1. The fourth-order valence-corrected chi connectivity index (χ4v) is 1.59. The minimum Gasteiger partial charge on any atom is -0.379 e. The maximum absolute atomic E-state index is 13.3. The predicted octanol–water partition coefficient (Wildman–Crippen LogP) is 2.11. The molecule has 0 fully saturated rings. The average molecular weight is 250 g/mol. The zero-order valence-electron chi connectivity index (χ0n) is 9.39. The van der Waals surface area contributed by atoms with Crippen molar-refractivity contribution in [3.63, 3.8) is 0 Å². The minimum absolute atomic E-state index is 0.173. The Labute approximate surface area is 102 Å². The standard InChI is InChI=1S/C11H11FN4O2/c12-8-2-1-3-9(11(8)16(17)18)13-5-4-10-14-6-7-15-10/h1-3,6-7,13H,4-5H2,(H,14,15). The second-order valence-corrected chi connectivity index (χ2v) is 3.61. The number of nitrogens with zero attached hydrogens (tertiary/aromatic N) is 2. The fraction of sp³-hybridized carbons (Fsp3) is 0.182. The van der Waals surface area contributed by atoms with Gasteiger partial charge in [0.05, 0.1) is 4.92 Å². The molecular formula is C11H11FN4O2. The van der Waals surface area contributed by atoms with Crippen LogP contribution in [-0.4, -0.2) is 21.4 Å². The molecule has 0 radical (unpaired) electrons. The average Bonchev–Trinajstić information content (AvgIpc) is 2.81. The Kier molecular flexibility index (Phi) is 3.52. The molecule has 0 aliphatic heterocycles. The van der Waals surface area contributed by atoms with Crippen molar-refractivity contribution in [3.05, 3.63) is 52.3 Å². The van der Waals surface area contributed by atoms with Gasteiger partial charge in [-0.05, 0) is 12.1 Å². The molecule has 2 N–H and O–H groups in total. The second-order valence-electron chi connectivity index (χ2n) is 3.61. The lowest BCUT2D eigenvalue weighted by Gasteiger charge is -2.06. The number of aromatic amines is 1. The summed E-state index contributed by atoms with van der Waals surface area (Å²) in [7, 11) is 0. The van der Waals surface area contributed by atoms with Crippen LogP contribution in [0.15, 0.2) is 30.6 Å². The molecule has 0 unspecified atom stereocenters. The van der Waals surface area contributed by atoms with Gasteiger partial charge in [0.1, 0.15) is 11.5 Å². The lowest BCUT2D eigenvalue weighted by Crippen LogP contribution is -2.08. The van der Waals surface area contributed by atoms with Crippen molar-refractivity contribution in [1.29, 1.82) is 0 Å². The van der Waals surface area contributed by atoms with E-state index < -0.39 is 16.4 Å². The molecule has 0 atom stereocenters. The third kappa shape index (κ3) is 2.62. The van der Waals surface area contributed by atoms with E-state index in [1.54, 1.807) is 12.4 Å². The van der Waals surface area contributed by atoms with Gasteiger partial charge in [-0.2, -0.15) is 4.39 Å². The SMILES string of the molecule is O=[N+]([O-])c1c(F)cccc1NCCc1ncc[nH]1. The maximum atomic E-state index is 13.3. The summed E-state index contributed by atoms with van der Waals surface area (Å²) in [5.74, 6) is -0.0791. The van der Waals surface area contributed by atoms with Gasteiger partial charge >= 0.3 is 5.69 Å². The molecule has 2 rings (SSSR count). The van der Waals surface area contributed by atoms with Gasteiger partial charge in [-0.1, -0.05) is 6.07 Å². The predicted molar refractivity (Wildman–Crippen MR) is 63.8 cm³/mol. The third-order valence-corrected chi connectivity index (χ3v) is 2.40. The Hall–Kier alpha value is -2.44. The minimum atomic E-state index is -0.844.